The van der Waals surface area contributed by atoms with E-state index < -0.39 is 10.0 Å². The Bertz CT molecular complexity index is 524. The number of primary sulfonamides is 1. The van der Waals surface area contributed by atoms with Crippen LogP contribution in [0.4, 0.5) is 5.69 Å². The van der Waals surface area contributed by atoms with Crippen LogP contribution in [0.2, 0.25) is 0 Å². The van der Waals surface area contributed by atoms with Crippen molar-refractivity contribution in [1.82, 2.24) is 0 Å². The first-order chi connectivity index (χ1) is 8.15. The van der Waals surface area contributed by atoms with E-state index in [1.807, 2.05) is 20.8 Å². The van der Waals surface area contributed by atoms with Gasteiger partial charge in [-0.15, -0.1) is 0 Å². The molecule has 0 saturated heterocycles. The first kappa shape index (κ1) is 14.9. The molecule has 0 bridgehead atoms. The van der Waals surface area contributed by atoms with Crippen molar-refractivity contribution in [1.29, 1.82) is 0 Å². The second kappa shape index (κ2) is 5.26. The zero-order valence-corrected chi connectivity index (χ0v) is 11.7. The van der Waals surface area contributed by atoms with Gasteiger partial charge < -0.3 is 10.4 Å². The first-order valence-corrected chi connectivity index (χ1v) is 7.18. The fourth-order valence-corrected chi connectivity index (χ4v) is 1.90. The van der Waals surface area contributed by atoms with Gasteiger partial charge >= 0.3 is 0 Å². The highest BCUT2D eigenvalue weighted by Gasteiger charge is 2.17. The van der Waals surface area contributed by atoms with Gasteiger partial charge in [-0.25, -0.2) is 13.6 Å². The van der Waals surface area contributed by atoms with Gasteiger partial charge in [0.25, 0.3) is 0 Å². The van der Waals surface area contributed by atoms with Crippen molar-refractivity contribution in [2.75, 3.05) is 18.5 Å². The third-order valence-electron chi connectivity index (χ3n) is 2.72. The normalized spacial score (nSPS) is 12.5. The van der Waals surface area contributed by atoms with E-state index in [1.54, 1.807) is 6.07 Å². The zero-order chi connectivity index (χ0) is 14.0. The second-order valence-electron chi connectivity index (χ2n) is 5.20. The standard InChI is InChI=1S/C12H20N2O3S/c1-9-4-5-10(18(13,16)17)6-11(9)14-7-12(2,3)8-15/h4-6,14-15H,7-8H2,1-3H3,(H2,13,16,17). The number of nitrogens with two attached hydrogens (primary N) is 1. The lowest BCUT2D eigenvalue weighted by molar-refractivity contribution is 0.171. The number of hydrogen-bond acceptors (Lipinski definition) is 4. The maximum Gasteiger partial charge on any atom is 0.238 e. The molecule has 102 valence electrons. The van der Waals surface area contributed by atoms with Crippen LogP contribution in [0.15, 0.2) is 23.1 Å². The monoisotopic (exact) mass is 272 g/mol. The molecule has 0 spiro atoms. The summed E-state index contributed by atoms with van der Waals surface area (Å²) >= 11 is 0. The SMILES string of the molecule is Cc1ccc(S(N)(=O)=O)cc1NCC(C)(C)CO. The molecule has 0 unspecified atom stereocenters. The van der Waals surface area contributed by atoms with Crippen LogP contribution in [-0.4, -0.2) is 26.7 Å². The third kappa shape index (κ3) is 3.97. The number of aliphatic hydroxyl groups is 1. The Morgan fingerprint density at radius 2 is 2.00 bits per heavy atom. The number of hydrogen-bond donors (Lipinski definition) is 3. The Hall–Kier alpha value is -1.11. The number of aryl methyl sites for hydroxylation is 1. The Kier molecular flexibility index (Phi) is 4.37. The maximum absolute atomic E-state index is 11.3. The van der Waals surface area contributed by atoms with Crippen molar-refractivity contribution in [2.24, 2.45) is 10.6 Å². The quantitative estimate of drug-likeness (QED) is 0.747. The lowest BCUT2D eigenvalue weighted by atomic mass is 9.95. The van der Waals surface area contributed by atoms with E-state index in [4.69, 9.17) is 10.2 Å². The van der Waals surface area contributed by atoms with Crippen molar-refractivity contribution < 1.29 is 13.5 Å². The summed E-state index contributed by atoms with van der Waals surface area (Å²) in [5.41, 5.74) is 1.36. The van der Waals surface area contributed by atoms with Crippen molar-refractivity contribution in [3.05, 3.63) is 23.8 Å². The van der Waals surface area contributed by atoms with Crippen LogP contribution in [0, 0.1) is 12.3 Å². The predicted molar refractivity (Wildman–Crippen MR) is 71.9 cm³/mol. The summed E-state index contributed by atoms with van der Waals surface area (Å²) in [4.78, 5) is 0.0809. The van der Waals surface area contributed by atoms with Crippen LogP contribution in [0.1, 0.15) is 19.4 Å². The molecule has 0 aromatic heterocycles. The summed E-state index contributed by atoms with van der Waals surface area (Å²) in [6.45, 7) is 6.30. The van der Waals surface area contributed by atoms with Gasteiger partial charge in [-0.3, -0.25) is 0 Å². The van der Waals surface area contributed by atoms with E-state index in [0.717, 1.165) is 5.56 Å². The fourth-order valence-electron chi connectivity index (χ4n) is 1.36. The van der Waals surface area contributed by atoms with E-state index in [9.17, 15) is 8.42 Å². The molecule has 1 aromatic carbocycles. The van der Waals surface area contributed by atoms with Crippen LogP contribution in [0.3, 0.4) is 0 Å². The lowest BCUT2D eigenvalue weighted by Crippen LogP contribution is -2.27. The molecule has 0 heterocycles. The van der Waals surface area contributed by atoms with E-state index in [-0.39, 0.29) is 16.9 Å². The average molecular weight is 272 g/mol. The van der Waals surface area contributed by atoms with Gasteiger partial charge in [-0.1, -0.05) is 19.9 Å². The smallest absolute Gasteiger partial charge is 0.238 e. The number of sulfonamides is 1. The largest absolute Gasteiger partial charge is 0.396 e. The highest BCUT2D eigenvalue weighted by atomic mass is 32.2. The topological polar surface area (TPSA) is 92.4 Å². The van der Waals surface area contributed by atoms with Gasteiger partial charge in [0.15, 0.2) is 0 Å². The minimum absolute atomic E-state index is 0.0495. The van der Waals surface area contributed by atoms with E-state index >= 15 is 0 Å². The molecule has 4 N–H and O–H groups in total. The molecule has 5 nitrogen and oxygen atoms in total. The average Bonchev–Trinajstić information content (AvgIpc) is 2.26. The number of anilines is 1. The van der Waals surface area contributed by atoms with Crippen molar-refractivity contribution in [3.63, 3.8) is 0 Å². The van der Waals surface area contributed by atoms with Gasteiger partial charge in [0, 0.05) is 24.3 Å². The highest BCUT2D eigenvalue weighted by Crippen LogP contribution is 2.22. The summed E-state index contributed by atoms with van der Waals surface area (Å²) in [7, 11) is -3.69. The lowest BCUT2D eigenvalue weighted by Gasteiger charge is -2.23. The second-order valence-corrected chi connectivity index (χ2v) is 6.76. The van der Waals surface area contributed by atoms with Crippen molar-refractivity contribution in [3.8, 4) is 0 Å². The summed E-state index contributed by atoms with van der Waals surface area (Å²) < 4.78 is 22.5. The van der Waals surface area contributed by atoms with E-state index in [1.165, 1.54) is 12.1 Å². The number of rotatable bonds is 5. The predicted octanol–water partition coefficient (Wildman–Crippen LogP) is 1.07. The van der Waals surface area contributed by atoms with Crippen molar-refractivity contribution in [2.45, 2.75) is 25.7 Å². The number of nitrogens with one attached hydrogen (secondary N) is 1. The fraction of sp³-hybridized carbons (Fsp3) is 0.500. The minimum Gasteiger partial charge on any atom is -0.396 e. The zero-order valence-electron chi connectivity index (χ0n) is 10.9. The summed E-state index contributed by atoms with van der Waals surface area (Å²) in [6, 6.07) is 4.69. The van der Waals surface area contributed by atoms with Gasteiger partial charge in [0.1, 0.15) is 0 Å². The Morgan fingerprint density at radius 3 is 2.50 bits per heavy atom. The van der Waals surface area contributed by atoms with Gasteiger partial charge in [0.2, 0.25) is 10.0 Å². The van der Waals surface area contributed by atoms with Crippen molar-refractivity contribution >= 4 is 15.7 Å². The summed E-state index contributed by atoms with van der Waals surface area (Å²) in [6.07, 6.45) is 0. The van der Waals surface area contributed by atoms with Gasteiger partial charge in [-0.2, -0.15) is 0 Å². The molecule has 6 heteroatoms. The molecule has 0 radical (unpaired) electrons. The Labute approximate surface area is 108 Å². The molecular formula is C12H20N2O3S. The van der Waals surface area contributed by atoms with Crippen LogP contribution < -0.4 is 10.5 Å². The number of benzene rings is 1. The molecule has 1 rings (SSSR count). The highest BCUT2D eigenvalue weighted by molar-refractivity contribution is 7.89. The Morgan fingerprint density at radius 1 is 1.39 bits per heavy atom. The molecule has 0 saturated carbocycles. The summed E-state index contributed by atoms with van der Waals surface area (Å²) in [5, 5.41) is 17.4. The van der Waals surface area contributed by atoms with Crippen LogP contribution in [0.25, 0.3) is 0 Å². The summed E-state index contributed by atoms with van der Waals surface area (Å²) in [5.74, 6) is 0. The molecule has 18 heavy (non-hydrogen) atoms. The molecule has 0 aliphatic heterocycles. The van der Waals surface area contributed by atoms with E-state index in [0.29, 0.717) is 12.2 Å². The van der Waals surface area contributed by atoms with E-state index in [2.05, 4.69) is 5.32 Å². The molecule has 0 amide bonds. The third-order valence-corrected chi connectivity index (χ3v) is 3.63. The van der Waals surface area contributed by atoms with Crippen LogP contribution >= 0.6 is 0 Å². The van der Waals surface area contributed by atoms with Gasteiger partial charge in [-0.05, 0) is 24.6 Å². The minimum atomic E-state index is -3.69. The number of aliphatic hydroxyl groups excluding tert-OH is 1. The first-order valence-electron chi connectivity index (χ1n) is 5.64. The molecule has 0 fully saturated rings. The molecular weight excluding hydrogens is 252 g/mol. The van der Waals surface area contributed by atoms with Crippen LogP contribution in [-0.2, 0) is 10.0 Å². The molecule has 0 aliphatic rings. The molecule has 0 atom stereocenters. The van der Waals surface area contributed by atoms with Gasteiger partial charge in [0.05, 0.1) is 4.90 Å². The Balaban J connectivity index is 2.96. The maximum atomic E-state index is 11.3. The van der Waals surface area contributed by atoms with Crippen LogP contribution in [0.5, 0.6) is 0 Å². The molecule has 1 aromatic rings. The molecule has 0 aliphatic carbocycles.